The zero-order valence-corrected chi connectivity index (χ0v) is 21.3. The smallest absolute Gasteiger partial charge is 0.122 e. The lowest BCUT2D eigenvalue weighted by atomic mass is 9.89. The minimum atomic E-state index is 0.404. The van der Waals surface area contributed by atoms with Crippen molar-refractivity contribution in [3.05, 3.63) is 148 Å². The Balaban J connectivity index is 1.54. The zero-order chi connectivity index (χ0) is 25.1. The molecule has 178 valence electrons. The number of rotatable bonds is 6. The Labute approximate surface area is 214 Å². The standard InChI is InChI=1S/C35H32O/c1-24-14-16-33(27-10-6-4-7-11-27)29(18-24)22-31-20-26(3)21-32(35(31)36)23-30-19-25(2)15-17-34(30)28-12-8-5-9-13-28/h4-21,36H,22-23H2,1-3H3. The van der Waals surface area contributed by atoms with Crippen LogP contribution in [0.4, 0.5) is 0 Å². The van der Waals surface area contributed by atoms with Crippen molar-refractivity contribution in [3.8, 4) is 28.0 Å². The monoisotopic (exact) mass is 468 g/mol. The van der Waals surface area contributed by atoms with E-state index < -0.39 is 0 Å². The Morgan fingerprint density at radius 1 is 0.444 bits per heavy atom. The van der Waals surface area contributed by atoms with Gasteiger partial charge in [0.2, 0.25) is 0 Å². The molecule has 5 rings (SSSR count). The predicted octanol–water partition coefficient (Wildman–Crippen LogP) is 8.83. The number of hydrogen-bond donors (Lipinski definition) is 1. The van der Waals surface area contributed by atoms with Crippen LogP contribution in [0.1, 0.15) is 38.9 Å². The van der Waals surface area contributed by atoms with Crippen LogP contribution in [-0.2, 0) is 12.8 Å². The molecule has 0 atom stereocenters. The van der Waals surface area contributed by atoms with E-state index in [1.165, 1.54) is 50.1 Å². The highest BCUT2D eigenvalue weighted by atomic mass is 16.3. The number of aryl methyl sites for hydroxylation is 3. The van der Waals surface area contributed by atoms with Crippen LogP contribution in [0.25, 0.3) is 22.3 Å². The van der Waals surface area contributed by atoms with Crippen LogP contribution in [-0.4, -0.2) is 5.11 Å². The molecule has 0 spiro atoms. The molecule has 0 bridgehead atoms. The summed E-state index contributed by atoms with van der Waals surface area (Å²) in [6.07, 6.45) is 1.37. The van der Waals surface area contributed by atoms with E-state index in [0.717, 1.165) is 11.1 Å². The van der Waals surface area contributed by atoms with E-state index in [2.05, 4.69) is 118 Å². The molecule has 1 N–H and O–H groups in total. The van der Waals surface area contributed by atoms with Crippen molar-refractivity contribution in [2.75, 3.05) is 0 Å². The Kier molecular flexibility index (Phi) is 6.73. The molecule has 0 radical (unpaired) electrons. The van der Waals surface area contributed by atoms with Gasteiger partial charge in [0.25, 0.3) is 0 Å². The minimum absolute atomic E-state index is 0.404. The number of phenols is 1. The Hall–Kier alpha value is -4.10. The van der Waals surface area contributed by atoms with Crippen LogP contribution in [0.5, 0.6) is 5.75 Å². The van der Waals surface area contributed by atoms with Crippen LogP contribution < -0.4 is 0 Å². The first-order chi connectivity index (χ1) is 17.5. The third-order valence-corrected chi connectivity index (χ3v) is 6.87. The molecular formula is C35H32O. The molecule has 0 amide bonds. The summed E-state index contributed by atoms with van der Waals surface area (Å²) in [4.78, 5) is 0. The molecule has 5 aromatic rings. The van der Waals surface area contributed by atoms with Crippen LogP contribution in [0, 0.1) is 20.8 Å². The fourth-order valence-electron chi connectivity index (χ4n) is 5.15. The molecule has 0 heterocycles. The lowest BCUT2D eigenvalue weighted by Crippen LogP contribution is -1.99. The van der Waals surface area contributed by atoms with Crippen molar-refractivity contribution in [1.82, 2.24) is 0 Å². The van der Waals surface area contributed by atoms with Crippen LogP contribution in [0.3, 0.4) is 0 Å². The molecule has 1 heteroatoms. The van der Waals surface area contributed by atoms with Crippen molar-refractivity contribution in [2.24, 2.45) is 0 Å². The first-order valence-corrected chi connectivity index (χ1v) is 12.6. The summed E-state index contributed by atoms with van der Waals surface area (Å²) < 4.78 is 0. The normalized spacial score (nSPS) is 11.0. The number of phenolic OH excluding ortho intramolecular Hbond substituents is 1. The Morgan fingerprint density at radius 2 is 0.833 bits per heavy atom. The fourth-order valence-corrected chi connectivity index (χ4v) is 5.15. The molecule has 36 heavy (non-hydrogen) atoms. The third kappa shape index (κ3) is 5.11. The second kappa shape index (κ2) is 10.3. The summed E-state index contributed by atoms with van der Waals surface area (Å²) in [5.41, 5.74) is 12.9. The first kappa shape index (κ1) is 23.6. The van der Waals surface area contributed by atoms with E-state index in [9.17, 15) is 5.11 Å². The maximum atomic E-state index is 11.5. The molecule has 0 fully saturated rings. The highest BCUT2D eigenvalue weighted by Gasteiger charge is 2.15. The van der Waals surface area contributed by atoms with Crippen molar-refractivity contribution in [1.29, 1.82) is 0 Å². The van der Waals surface area contributed by atoms with Gasteiger partial charge < -0.3 is 5.11 Å². The Bertz CT molecular complexity index is 1390. The zero-order valence-electron chi connectivity index (χ0n) is 21.3. The first-order valence-electron chi connectivity index (χ1n) is 12.6. The van der Waals surface area contributed by atoms with Crippen LogP contribution in [0.2, 0.25) is 0 Å². The lowest BCUT2D eigenvalue weighted by Gasteiger charge is -2.17. The number of aromatic hydroxyl groups is 1. The van der Waals surface area contributed by atoms with E-state index in [-0.39, 0.29) is 0 Å². The number of hydrogen-bond acceptors (Lipinski definition) is 1. The van der Waals surface area contributed by atoms with Gasteiger partial charge in [0.15, 0.2) is 0 Å². The van der Waals surface area contributed by atoms with Gasteiger partial charge in [-0.25, -0.2) is 0 Å². The van der Waals surface area contributed by atoms with Gasteiger partial charge in [-0.3, -0.25) is 0 Å². The van der Waals surface area contributed by atoms with Gasteiger partial charge >= 0.3 is 0 Å². The summed E-state index contributed by atoms with van der Waals surface area (Å²) in [5.74, 6) is 0.404. The van der Waals surface area contributed by atoms with Gasteiger partial charge in [-0.05, 0) is 65.3 Å². The van der Waals surface area contributed by atoms with Gasteiger partial charge in [0.1, 0.15) is 5.75 Å². The molecule has 0 aliphatic carbocycles. The molecule has 0 saturated heterocycles. The summed E-state index contributed by atoms with van der Waals surface area (Å²) in [7, 11) is 0. The average molecular weight is 469 g/mol. The second-order valence-electron chi connectivity index (χ2n) is 9.84. The summed E-state index contributed by atoms with van der Waals surface area (Å²) in [6, 6.07) is 38.5. The molecular weight excluding hydrogens is 436 g/mol. The predicted molar refractivity (Wildman–Crippen MR) is 152 cm³/mol. The van der Waals surface area contributed by atoms with Gasteiger partial charge in [-0.15, -0.1) is 0 Å². The lowest BCUT2D eigenvalue weighted by molar-refractivity contribution is 0.463. The molecule has 1 nitrogen and oxygen atoms in total. The summed E-state index contributed by atoms with van der Waals surface area (Å²) in [6.45, 7) is 6.38. The van der Waals surface area contributed by atoms with Gasteiger partial charge in [0.05, 0.1) is 0 Å². The SMILES string of the molecule is Cc1ccc(-c2ccccc2)c(Cc2cc(C)cc(Cc3cc(C)ccc3-c3ccccc3)c2O)c1. The van der Waals surface area contributed by atoms with Gasteiger partial charge in [-0.2, -0.15) is 0 Å². The topological polar surface area (TPSA) is 20.2 Å². The largest absolute Gasteiger partial charge is 0.507 e. The second-order valence-corrected chi connectivity index (χ2v) is 9.84. The molecule has 0 aliphatic heterocycles. The highest BCUT2D eigenvalue weighted by molar-refractivity contribution is 5.70. The average Bonchev–Trinajstić information content (AvgIpc) is 2.88. The van der Waals surface area contributed by atoms with Crippen molar-refractivity contribution >= 4 is 0 Å². The highest BCUT2D eigenvalue weighted by Crippen LogP contribution is 2.34. The molecule has 0 aliphatic rings. The van der Waals surface area contributed by atoms with Crippen molar-refractivity contribution in [3.63, 3.8) is 0 Å². The third-order valence-electron chi connectivity index (χ3n) is 6.87. The van der Waals surface area contributed by atoms with Gasteiger partial charge in [-0.1, -0.05) is 126 Å². The maximum Gasteiger partial charge on any atom is 0.122 e. The van der Waals surface area contributed by atoms with Gasteiger partial charge in [0, 0.05) is 12.8 Å². The van der Waals surface area contributed by atoms with E-state index in [4.69, 9.17) is 0 Å². The van der Waals surface area contributed by atoms with E-state index >= 15 is 0 Å². The van der Waals surface area contributed by atoms with Crippen LogP contribution >= 0.6 is 0 Å². The molecule has 0 unspecified atom stereocenters. The molecule has 0 aromatic heterocycles. The Morgan fingerprint density at radius 3 is 1.25 bits per heavy atom. The molecule has 5 aromatic carbocycles. The quantitative estimate of drug-likeness (QED) is 0.264. The van der Waals surface area contributed by atoms with E-state index in [1.807, 2.05) is 12.1 Å². The van der Waals surface area contributed by atoms with Crippen molar-refractivity contribution in [2.45, 2.75) is 33.6 Å². The fraction of sp³-hybridized carbons (Fsp3) is 0.143. The summed E-state index contributed by atoms with van der Waals surface area (Å²) >= 11 is 0. The molecule has 0 saturated carbocycles. The van der Waals surface area contributed by atoms with Crippen molar-refractivity contribution < 1.29 is 5.11 Å². The van der Waals surface area contributed by atoms with E-state index in [0.29, 0.717) is 18.6 Å². The van der Waals surface area contributed by atoms with E-state index in [1.54, 1.807) is 0 Å². The maximum absolute atomic E-state index is 11.5. The summed E-state index contributed by atoms with van der Waals surface area (Å²) in [5, 5.41) is 11.5. The minimum Gasteiger partial charge on any atom is -0.507 e. The number of benzene rings is 5. The van der Waals surface area contributed by atoms with Crippen LogP contribution in [0.15, 0.2) is 109 Å².